The first kappa shape index (κ1) is 15.2. The fourth-order valence-corrected chi connectivity index (χ4v) is 4.19. The van der Waals surface area contributed by atoms with E-state index in [1.54, 1.807) is 0 Å². The molecule has 3 rings (SSSR count). The highest BCUT2D eigenvalue weighted by Gasteiger charge is 2.21. The highest BCUT2D eigenvalue weighted by molar-refractivity contribution is 7.84. The molecule has 1 aliphatic heterocycles. The molecule has 2 nitrogen and oxygen atoms in total. The van der Waals surface area contributed by atoms with Gasteiger partial charge in [0.1, 0.15) is 0 Å². The highest BCUT2D eigenvalue weighted by Crippen LogP contribution is 2.35. The van der Waals surface area contributed by atoms with E-state index < -0.39 is 10.8 Å². The molecule has 2 aromatic carbocycles. The fourth-order valence-electron chi connectivity index (χ4n) is 2.85. The lowest BCUT2D eigenvalue weighted by Crippen LogP contribution is -2.12. The van der Waals surface area contributed by atoms with Crippen molar-refractivity contribution in [3.05, 3.63) is 71.3 Å². The molecule has 114 valence electrons. The maximum Gasteiger partial charge on any atom is 0.0580 e. The van der Waals surface area contributed by atoms with E-state index in [1.807, 2.05) is 24.3 Å². The Balaban J connectivity index is 2.14. The molecule has 0 radical (unpaired) electrons. The molecule has 0 fully saturated rings. The smallest absolute Gasteiger partial charge is 0.0580 e. The average molecular weight is 311 g/mol. The zero-order chi connectivity index (χ0) is 15.5. The number of fused-ring (bicyclic) bond motifs is 2. The largest absolute Gasteiger partial charge is 0.309 e. The molecule has 22 heavy (non-hydrogen) atoms. The number of hydrogen-bond donors (Lipinski definition) is 0. The van der Waals surface area contributed by atoms with Crippen molar-refractivity contribution in [1.82, 2.24) is 4.90 Å². The maximum atomic E-state index is 12.7. The summed E-state index contributed by atoms with van der Waals surface area (Å²) in [7, 11) is 3.19. The average Bonchev–Trinajstić information content (AvgIpc) is 2.63. The van der Waals surface area contributed by atoms with Gasteiger partial charge in [-0.05, 0) is 48.8 Å². The Kier molecular flexibility index (Phi) is 4.55. The van der Waals surface area contributed by atoms with E-state index in [0.29, 0.717) is 5.75 Å². The van der Waals surface area contributed by atoms with Crippen LogP contribution < -0.4 is 0 Å². The predicted molar refractivity (Wildman–Crippen MR) is 93.2 cm³/mol. The molecule has 0 N–H and O–H groups in total. The summed E-state index contributed by atoms with van der Waals surface area (Å²) < 4.78 is 12.7. The van der Waals surface area contributed by atoms with E-state index >= 15 is 0 Å². The number of rotatable bonds is 3. The first-order valence-corrected chi connectivity index (χ1v) is 8.89. The van der Waals surface area contributed by atoms with Crippen LogP contribution in [0.2, 0.25) is 0 Å². The van der Waals surface area contributed by atoms with Crippen molar-refractivity contribution in [2.75, 3.05) is 20.6 Å². The standard InChI is InChI=1S/C19H21NOS/c1-20(2)13-7-11-17-16-9-4-3-8-15(16)14-22(21)19-12-6-5-10-18(17)19/h3-6,8-12H,7,13-14H2,1-2H3. The second-order valence-corrected chi connectivity index (χ2v) is 7.27. The van der Waals surface area contributed by atoms with Gasteiger partial charge in [0.05, 0.1) is 16.6 Å². The van der Waals surface area contributed by atoms with Gasteiger partial charge in [-0.25, -0.2) is 0 Å². The van der Waals surface area contributed by atoms with Gasteiger partial charge < -0.3 is 4.90 Å². The maximum absolute atomic E-state index is 12.7. The van der Waals surface area contributed by atoms with Crippen molar-refractivity contribution in [3.63, 3.8) is 0 Å². The van der Waals surface area contributed by atoms with Gasteiger partial charge in [0.15, 0.2) is 0 Å². The highest BCUT2D eigenvalue weighted by atomic mass is 32.2. The molecule has 0 saturated carbocycles. The van der Waals surface area contributed by atoms with Crippen LogP contribution >= 0.6 is 0 Å². The summed E-state index contributed by atoms with van der Waals surface area (Å²) >= 11 is 0. The van der Waals surface area contributed by atoms with Gasteiger partial charge in [-0.2, -0.15) is 0 Å². The zero-order valence-electron chi connectivity index (χ0n) is 13.1. The van der Waals surface area contributed by atoms with E-state index in [2.05, 4.69) is 49.3 Å². The summed E-state index contributed by atoms with van der Waals surface area (Å²) in [6.07, 6.45) is 3.28. The van der Waals surface area contributed by atoms with Crippen LogP contribution in [-0.2, 0) is 16.6 Å². The lowest BCUT2D eigenvalue weighted by Gasteiger charge is -2.12. The normalized spacial score (nSPS) is 18.9. The van der Waals surface area contributed by atoms with Crippen LogP contribution in [0.25, 0.3) is 5.57 Å². The molecule has 3 heteroatoms. The Morgan fingerprint density at radius 2 is 1.73 bits per heavy atom. The van der Waals surface area contributed by atoms with Crippen LogP contribution in [0.3, 0.4) is 0 Å². The van der Waals surface area contributed by atoms with Gasteiger partial charge in [0.25, 0.3) is 0 Å². The topological polar surface area (TPSA) is 20.3 Å². The van der Waals surface area contributed by atoms with Gasteiger partial charge in [-0.15, -0.1) is 0 Å². The lowest BCUT2D eigenvalue weighted by molar-refractivity contribution is 0.417. The number of hydrogen-bond acceptors (Lipinski definition) is 2. The molecular formula is C19H21NOS. The van der Waals surface area contributed by atoms with Crippen LogP contribution in [0.15, 0.2) is 59.5 Å². The van der Waals surface area contributed by atoms with Crippen LogP contribution in [-0.4, -0.2) is 29.7 Å². The minimum Gasteiger partial charge on any atom is -0.309 e. The summed E-state index contributed by atoms with van der Waals surface area (Å²) in [6, 6.07) is 16.4. The van der Waals surface area contributed by atoms with E-state index in [4.69, 9.17) is 0 Å². The Labute approximate surface area is 134 Å². The third-order valence-electron chi connectivity index (χ3n) is 3.94. The van der Waals surface area contributed by atoms with Gasteiger partial charge in [0, 0.05) is 11.4 Å². The molecule has 1 unspecified atom stereocenters. The molecule has 0 bridgehead atoms. The van der Waals surface area contributed by atoms with Crippen molar-refractivity contribution in [2.24, 2.45) is 0 Å². The van der Waals surface area contributed by atoms with Crippen molar-refractivity contribution in [3.8, 4) is 0 Å². The van der Waals surface area contributed by atoms with Gasteiger partial charge >= 0.3 is 0 Å². The van der Waals surface area contributed by atoms with Gasteiger partial charge in [-0.1, -0.05) is 48.5 Å². The lowest BCUT2D eigenvalue weighted by atomic mass is 9.93. The molecular weight excluding hydrogens is 290 g/mol. The Morgan fingerprint density at radius 3 is 2.50 bits per heavy atom. The number of nitrogens with zero attached hydrogens (tertiary/aromatic N) is 1. The molecule has 1 atom stereocenters. The van der Waals surface area contributed by atoms with Crippen molar-refractivity contribution >= 4 is 16.4 Å². The van der Waals surface area contributed by atoms with E-state index in [0.717, 1.165) is 23.4 Å². The first-order valence-electron chi connectivity index (χ1n) is 7.58. The third-order valence-corrected chi connectivity index (χ3v) is 5.36. The summed E-state index contributed by atoms with van der Waals surface area (Å²) in [6.45, 7) is 1.01. The van der Waals surface area contributed by atoms with E-state index in [1.165, 1.54) is 16.7 Å². The summed E-state index contributed by atoms with van der Waals surface area (Å²) in [5.41, 5.74) is 4.73. The second kappa shape index (κ2) is 6.59. The van der Waals surface area contributed by atoms with Crippen LogP contribution in [0.4, 0.5) is 0 Å². The first-order chi connectivity index (χ1) is 10.7. The predicted octanol–water partition coefficient (Wildman–Crippen LogP) is 3.69. The molecule has 0 spiro atoms. The Bertz CT molecular complexity index is 734. The van der Waals surface area contributed by atoms with Crippen molar-refractivity contribution in [1.29, 1.82) is 0 Å². The van der Waals surface area contributed by atoms with Crippen molar-refractivity contribution in [2.45, 2.75) is 17.1 Å². The van der Waals surface area contributed by atoms with Crippen LogP contribution in [0, 0.1) is 0 Å². The van der Waals surface area contributed by atoms with Gasteiger partial charge in [0.2, 0.25) is 0 Å². The third kappa shape index (κ3) is 3.06. The summed E-state index contributed by atoms with van der Waals surface area (Å²) in [5.74, 6) is 0.595. The minimum absolute atomic E-state index is 0.595. The van der Waals surface area contributed by atoms with E-state index in [9.17, 15) is 4.21 Å². The minimum atomic E-state index is -0.980. The molecule has 0 saturated heterocycles. The monoisotopic (exact) mass is 311 g/mol. The zero-order valence-corrected chi connectivity index (χ0v) is 13.9. The Morgan fingerprint density at radius 1 is 1.05 bits per heavy atom. The summed E-state index contributed by atoms with van der Waals surface area (Å²) in [4.78, 5) is 3.14. The van der Waals surface area contributed by atoms with Crippen molar-refractivity contribution < 1.29 is 4.21 Å². The Hall–Kier alpha value is -1.71. The number of benzene rings is 2. The molecule has 0 aliphatic carbocycles. The SMILES string of the molecule is CN(C)CCC=C1c2ccccc2CS(=O)c2ccccc21. The molecule has 0 aromatic heterocycles. The summed E-state index contributed by atoms with van der Waals surface area (Å²) in [5, 5.41) is 0. The van der Waals surface area contributed by atoms with Crippen LogP contribution in [0.5, 0.6) is 0 Å². The molecule has 1 aliphatic rings. The van der Waals surface area contributed by atoms with E-state index in [-0.39, 0.29) is 0 Å². The molecule has 1 heterocycles. The quantitative estimate of drug-likeness (QED) is 0.861. The second-order valence-electron chi connectivity index (χ2n) is 5.85. The van der Waals surface area contributed by atoms with Gasteiger partial charge in [-0.3, -0.25) is 4.21 Å². The molecule has 2 aromatic rings. The van der Waals surface area contributed by atoms with Crippen LogP contribution in [0.1, 0.15) is 23.1 Å². The molecule has 0 amide bonds. The fraction of sp³-hybridized carbons (Fsp3) is 0.263.